The fraction of sp³-hybridized carbons (Fsp3) is 0.538. The predicted molar refractivity (Wildman–Crippen MR) is 214 cm³/mol. The van der Waals surface area contributed by atoms with Crippen LogP contribution in [0.4, 0.5) is 13.2 Å². The smallest absolute Gasteiger partial charge is 0.475 e. The number of nitrogens with two attached hydrogens (primary N) is 3. The number of hydrogen-bond acceptors (Lipinski definition) is 6. The monoisotopic (exact) mass is 840 g/mol. The van der Waals surface area contributed by atoms with Crippen LogP contribution in [-0.4, -0.2) is 65.4 Å². The number of amidine groups is 1. The van der Waals surface area contributed by atoms with E-state index >= 15 is 0 Å². The number of nitrogens with zero attached hydrogens (tertiary/aromatic N) is 1. The number of aliphatic imine (C=N–C) groups is 1. The van der Waals surface area contributed by atoms with Gasteiger partial charge in [0.2, 0.25) is 17.7 Å². The topological polar surface area (TPSA) is 239 Å². The summed E-state index contributed by atoms with van der Waals surface area (Å²) < 4.78 is 31.7. The minimum Gasteiger partial charge on any atom is -0.475 e. The first kappa shape index (κ1) is 46.8. The van der Waals surface area contributed by atoms with Crippen molar-refractivity contribution in [3.63, 3.8) is 0 Å². The first-order valence-electron chi connectivity index (χ1n) is 19.1. The van der Waals surface area contributed by atoms with Crippen molar-refractivity contribution in [2.75, 3.05) is 6.54 Å². The van der Waals surface area contributed by atoms with E-state index in [-0.39, 0.29) is 60.2 Å². The number of carboxylic acid groups (broad SMARTS) is 1. The average molecular weight is 842 g/mol. The van der Waals surface area contributed by atoms with Crippen LogP contribution in [-0.2, 0) is 32.1 Å². The number of guanidine groups is 1. The third kappa shape index (κ3) is 16.1. The number of nitrogens with one attached hydrogen (secondary N) is 4. The summed E-state index contributed by atoms with van der Waals surface area (Å²) in [5, 5.41) is 24.9. The van der Waals surface area contributed by atoms with Crippen LogP contribution >= 0.6 is 23.2 Å². The molecule has 57 heavy (non-hydrogen) atoms. The van der Waals surface area contributed by atoms with Crippen molar-refractivity contribution in [1.29, 1.82) is 5.41 Å². The average Bonchev–Trinajstić information content (AvgIpc) is 3.17. The van der Waals surface area contributed by atoms with E-state index in [1.807, 2.05) is 24.3 Å². The van der Waals surface area contributed by atoms with Gasteiger partial charge in [-0.15, -0.1) is 0 Å². The highest BCUT2D eigenvalue weighted by molar-refractivity contribution is 6.35. The van der Waals surface area contributed by atoms with Crippen molar-refractivity contribution in [2.24, 2.45) is 39.9 Å². The Balaban J connectivity index is 0.00000113. The molecule has 0 spiro atoms. The molecule has 2 saturated carbocycles. The number of hydrogen-bond donors (Lipinski definition) is 8. The molecule has 4 rings (SSSR count). The van der Waals surface area contributed by atoms with Crippen LogP contribution in [0.5, 0.6) is 0 Å². The van der Waals surface area contributed by atoms with Gasteiger partial charge in [-0.05, 0) is 80.0 Å². The zero-order chi connectivity index (χ0) is 42.1. The normalized spacial score (nSPS) is 16.4. The van der Waals surface area contributed by atoms with Gasteiger partial charge in [0.25, 0.3) is 0 Å². The van der Waals surface area contributed by atoms with Crippen molar-refractivity contribution in [3.05, 3.63) is 69.2 Å². The van der Waals surface area contributed by atoms with E-state index in [1.165, 1.54) is 0 Å². The lowest BCUT2D eigenvalue weighted by Gasteiger charge is -2.34. The lowest BCUT2D eigenvalue weighted by Crippen LogP contribution is -2.57. The summed E-state index contributed by atoms with van der Waals surface area (Å²) in [5.41, 5.74) is 19.0. The quantitative estimate of drug-likeness (QED) is 0.0603. The minimum atomic E-state index is -5.08. The number of carbonyl (C=O) groups is 4. The molecular formula is C39H53Cl2F3N8O5. The molecule has 0 radical (unpaired) electrons. The van der Waals surface area contributed by atoms with Crippen LogP contribution in [0, 0.1) is 23.2 Å². The Morgan fingerprint density at radius 1 is 0.842 bits per heavy atom. The Kier molecular flexibility index (Phi) is 18.9. The van der Waals surface area contributed by atoms with Crippen molar-refractivity contribution < 1.29 is 37.5 Å². The van der Waals surface area contributed by atoms with Crippen molar-refractivity contribution >= 4 is 58.7 Å². The molecule has 3 amide bonds. The number of rotatable bonds is 16. The van der Waals surface area contributed by atoms with Gasteiger partial charge in [-0.1, -0.05) is 92.1 Å². The molecule has 2 aromatic rings. The Morgan fingerprint density at radius 2 is 1.42 bits per heavy atom. The van der Waals surface area contributed by atoms with E-state index in [0.29, 0.717) is 40.6 Å². The van der Waals surface area contributed by atoms with Crippen molar-refractivity contribution in [3.8, 4) is 0 Å². The largest absolute Gasteiger partial charge is 0.490 e. The molecule has 18 heteroatoms. The maximum atomic E-state index is 14.3. The van der Waals surface area contributed by atoms with Gasteiger partial charge in [0.1, 0.15) is 17.9 Å². The molecule has 2 unspecified atom stereocenters. The molecule has 2 fully saturated rings. The van der Waals surface area contributed by atoms with Crippen LogP contribution in [0.3, 0.4) is 0 Å². The third-order valence-electron chi connectivity index (χ3n) is 10.3. The second-order valence-corrected chi connectivity index (χ2v) is 15.3. The number of halogens is 5. The van der Waals surface area contributed by atoms with E-state index in [9.17, 15) is 27.6 Å². The zero-order valence-corrected chi connectivity index (χ0v) is 33.2. The molecular weight excluding hydrogens is 788 g/mol. The molecule has 3 atom stereocenters. The molecule has 13 nitrogen and oxygen atoms in total. The maximum absolute atomic E-state index is 14.3. The van der Waals surface area contributed by atoms with Crippen molar-refractivity contribution in [2.45, 2.75) is 108 Å². The standard InChI is InChI=1S/C37H52Cl2N8O3.C2HF3O2/c38-28-18-17-27(30(39)21-28)22-45-35(49)31(12-7-19-44-37(42)43)46-36(50)32(25-10-5-2-6-11-25)47-34(48)29(24-8-3-1-4-9-24)20-23-13-15-26(16-14-23)33(40)41;3-2(4,5)1(6)7/h13-18,21,24-25,29,31-32H,1-12,19-20,22H2,(H3,40,41)(H,45,49)(H,46,50)(H,47,48)(H4,42,43,44);(H,6,7)/t29?,31-,32?;/m0./s1. The molecule has 0 bridgehead atoms. The molecule has 0 heterocycles. The molecule has 11 N–H and O–H groups in total. The minimum absolute atomic E-state index is 0.00328. The first-order chi connectivity index (χ1) is 27.0. The van der Waals surface area contributed by atoms with Crippen molar-refractivity contribution in [1.82, 2.24) is 16.0 Å². The van der Waals surface area contributed by atoms with Crippen LogP contribution in [0.25, 0.3) is 0 Å². The lowest BCUT2D eigenvalue weighted by atomic mass is 9.76. The number of alkyl halides is 3. The van der Waals surface area contributed by atoms with Crippen LogP contribution in [0.2, 0.25) is 10.0 Å². The number of benzene rings is 2. The van der Waals surface area contributed by atoms with Gasteiger partial charge in [0.15, 0.2) is 5.96 Å². The Hall–Kier alpha value is -4.57. The van der Waals surface area contributed by atoms with Gasteiger partial charge >= 0.3 is 12.1 Å². The number of amides is 3. The fourth-order valence-corrected chi connectivity index (χ4v) is 7.69. The van der Waals surface area contributed by atoms with Crippen LogP contribution in [0.1, 0.15) is 93.7 Å². The summed E-state index contributed by atoms with van der Waals surface area (Å²) >= 11 is 12.4. The summed E-state index contributed by atoms with van der Waals surface area (Å²) in [5.74, 6) is -3.86. The number of nitrogen functional groups attached to an aromatic ring is 1. The highest BCUT2D eigenvalue weighted by Gasteiger charge is 2.39. The summed E-state index contributed by atoms with van der Waals surface area (Å²) in [6.07, 6.45) is 6.06. The van der Waals surface area contributed by atoms with E-state index in [1.54, 1.807) is 18.2 Å². The van der Waals surface area contributed by atoms with Gasteiger partial charge in [-0.3, -0.25) is 24.8 Å². The zero-order valence-electron chi connectivity index (χ0n) is 31.7. The van der Waals surface area contributed by atoms with Gasteiger partial charge in [0, 0.05) is 34.6 Å². The van der Waals surface area contributed by atoms with Gasteiger partial charge in [-0.2, -0.15) is 13.2 Å². The Bertz CT molecular complexity index is 1700. The summed E-state index contributed by atoms with van der Waals surface area (Å²) in [7, 11) is 0. The van der Waals surface area contributed by atoms with Gasteiger partial charge in [0.05, 0.1) is 0 Å². The lowest BCUT2D eigenvalue weighted by molar-refractivity contribution is -0.192. The van der Waals surface area contributed by atoms with Gasteiger partial charge in [-0.25, -0.2) is 4.79 Å². The summed E-state index contributed by atoms with van der Waals surface area (Å²) in [6, 6.07) is 10.8. The number of carbonyl (C=O) groups excluding carboxylic acids is 3. The highest BCUT2D eigenvalue weighted by atomic mass is 35.5. The number of carboxylic acids is 1. The summed E-state index contributed by atoms with van der Waals surface area (Å²) in [6.45, 7) is 0.443. The number of aliphatic carboxylic acids is 1. The van der Waals surface area contributed by atoms with E-state index in [4.69, 9.17) is 55.7 Å². The predicted octanol–water partition coefficient (Wildman–Crippen LogP) is 5.57. The third-order valence-corrected chi connectivity index (χ3v) is 10.9. The summed E-state index contributed by atoms with van der Waals surface area (Å²) in [4.78, 5) is 55.0. The molecule has 2 aliphatic rings. The Labute approximate surface area is 340 Å². The van der Waals surface area contributed by atoms with Crippen LogP contribution in [0.15, 0.2) is 47.5 Å². The first-order valence-corrected chi connectivity index (χ1v) is 19.8. The molecule has 314 valence electrons. The molecule has 0 aliphatic heterocycles. The maximum Gasteiger partial charge on any atom is 0.490 e. The second kappa shape index (κ2) is 23.0. The van der Waals surface area contributed by atoms with Gasteiger partial charge < -0.3 is 38.3 Å². The Morgan fingerprint density at radius 3 is 1.95 bits per heavy atom. The van der Waals surface area contributed by atoms with E-state index < -0.39 is 24.2 Å². The van der Waals surface area contributed by atoms with E-state index in [0.717, 1.165) is 69.8 Å². The fourth-order valence-electron chi connectivity index (χ4n) is 7.21. The molecule has 0 saturated heterocycles. The molecule has 2 aliphatic carbocycles. The SMILES string of the molecule is N=C(N)c1ccc(CC(C(=O)NC(C(=O)N[C@@H](CCCN=C(N)N)C(=O)NCc2ccc(Cl)cc2Cl)C2CCCCC2)C2CCCCC2)cc1.O=C(O)C(F)(F)F. The molecule has 0 aromatic heterocycles. The van der Waals surface area contributed by atoms with Crippen LogP contribution < -0.4 is 33.2 Å². The molecule has 2 aromatic carbocycles. The highest BCUT2D eigenvalue weighted by Crippen LogP contribution is 2.33. The second-order valence-electron chi connectivity index (χ2n) is 14.5. The van der Waals surface area contributed by atoms with E-state index in [2.05, 4.69) is 20.9 Å².